The molecule has 2 saturated heterocycles. The third-order valence-electron chi connectivity index (χ3n) is 4.22. The molecule has 3 rings (SSSR count). The highest BCUT2D eigenvalue weighted by Gasteiger charge is 2.43. The molecule has 1 aromatic heterocycles. The van der Waals surface area contributed by atoms with Gasteiger partial charge in [-0.15, -0.1) is 0 Å². The first-order chi connectivity index (χ1) is 10.5. The number of piperidine rings is 1. The van der Waals surface area contributed by atoms with Crippen molar-refractivity contribution in [3.63, 3.8) is 0 Å². The van der Waals surface area contributed by atoms with Gasteiger partial charge in [0.2, 0.25) is 0 Å². The molecule has 22 heavy (non-hydrogen) atoms. The predicted octanol–water partition coefficient (Wildman–Crippen LogP) is 0.862. The summed E-state index contributed by atoms with van der Waals surface area (Å²) in [4.78, 5) is 31.4. The van der Waals surface area contributed by atoms with Crippen LogP contribution in [0.15, 0.2) is 18.2 Å². The van der Waals surface area contributed by atoms with E-state index in [0.29, 0.717) is 12.2 Å². The van der Waals surface area contributed by atoms with Crippen molar-refractivity contribution in [1.82, 2.24) is 15.2 Å². The molecule has 7 nitrogen and oxygen atoms in total. The normalized spacial score (nSPS) is 19.7. The number of aromatic nitrogens is 1. The number of alkyl carbamates (subject to hydrolysis) is 1. The highest BCUT2D eigenvalue weighted by molar-refractivity contribution is 5.92. The molecule has 7 heteroatoms. The Morgan fingerprint density at radius 2 is 2.09 bits per heavy atom. The summed E-state index contributed by atoms with van der Waals surface area (Å²) >= 11 is 0. The average Bonchev–Trinajstić information content (AvgIpc) is 2.88. The molecule has 3 heterocycles. The number of rotatable bonds is 2. The molecular formula is C15H20N4O3. The molecule has 2 aliphatic rings. The number of hydrogen-bond acceptors (Lipinski definition) is 5. The molecule has 2 amide bonds. The Kier molecular flexibility index (Phi) is 3.64. The monoisotopic (exact) mass is 304 g/mol. The zero-order valence-corrected chi connectivity index (χ0v) is 12.8. The van der Waals surface area contributed by atoms with E-state index >= 15 is 0 Å². The molecule has 1 aromatic rings. The fourth-order valence-electron chi connectivity index (χ4n) is 2.87. The molecule has 118 valence electrons. The number of ether oxygens (including phenoxy) is 1. The van der Waals surface area contributed by atoms with Gasteiger partial charge in [-0.2, -0.15) is 0 Å². The van der Waals surface area contributed by atoms with Crippen LogP contribution >= 0.6 is 0 Å². The summed E-state index contributed by atoms with van der Waals surface area (Å²) in [6.45, 7) is 2.08. The van der Waals surface area contributed by atoms with Crippen molar-refractivity contribution in [3.05, 3.63) is 23.9 Å². The second-order valence-corrected chi connectivity index (χ2v) is 5.99. The van der Waals surface area contributed by atoms with E-state index in [0.717, 1.165) is 31.7 Å². The van der Waals surface area contributed by atoms with Crippen LogP contribution in [0.3, 0.4) is 0 Å². The van der Waals surface area contributed by atoms with Gasteiger partial charge in [-0.25, -0.2) is 9.78 Å². The maximum absolute atomic E-state index is 12.0. The van der Waals surface area contributed by atoms with Gasteiger partial charge in [0.25, 0.3) is 5.91 Å². The van der Waals surface area contributed by atoms with Crippen LogP contribution in [0.25, 0.3) is 0 Å². The molecule has 2 aliphatic heterocycles. The van der Waals surface area contributed by atoms with E-state index in [2.05, 4.69) is 15.2 Å². The molecule has 0 saturated carbocycles. The Hall–Kier alpha value is -2.31. The van der Waals surface area contributed by atoms with Crippen molar-refractivity contribution in [2.75, 3.05) is 38.6 Å². The van der Waals surface area contributed by atoms with Crippen LogP contribution in [-0.4, -0.2) is 61.2 Å². The van der Waals surface area contributed by atoms with Crippen molar-refractivity contribution >= 4 is 17.8 Å². The smallest absolute Gasteiger partial charge is 0.407 e. The molecule has 1 spiro atoms. The molecule has 0 atom stereocenters. The van der Waals surface area contributed by atoms with Gasteiger partial charge in [-0.05, 0) is 12.1 Å². The van der Waals surface area contributed by atoms with Crippen LogP contribution in [0.5, 0.6) is 0 Å². The van der Waals surface area contributed by atoms with E-state index in [9.17, 15) is 9.59 Å². The second-order valence-electron chi connectivity index (χ2n) is 5.99. The number of carbonyl (C=O) groups excluding carboxylic acids is 2. The van der Waals surface area contributed by atoms with Crippen molar-refractivity contribution in [1.29, 1.82) is 0 Å². The lowest BCUT2D eigenvalue weighted by Gasteiger charge is -2.37. The fourth-order valence-corrected chi connectivity index (χ4v) is 2.87. The Morgan fingerprint density at radius 3 is 2.68 bits per heavy atom. The van der Waals surface area contributed by atoms with Crippen LogP contribution in [0.4, 0.5) is 10.6 Å². The average molecular weight is 304 g/mol. The minimum Gasteiger partial charge on any atom is -0.441 e. The van der Waals surface area contributed by atoms with Crippen LogP contribution < -0.4 is 10.2 Å². The highest BCUT2D eigenvalue weighted by atomic mass is 16.6. The first-order valence-electron chi connectivity index (χ1n) is 7.40. The summed E-state index contributed by atoms with van der Waals surface area (Å²) in [6, 6.07) is 5.48. The number of pyridine rings is 1. The third-order valence-corrected chi connectivity index (χ3v) is 4.22. The molecule has 0 aromatic carbocycles. The lowest BCUT2D eigenvalue weighted by Crippen LogP contribution is -2.47. The molecule has 0 radical (unpaired) electrons. The van der Waals surface area contributed by atoms with Crippen LogP contribution in [-0.2, 0) is 4.74 Å². The Balaban J connectivity index is 1.70. The van der Waals surface area contributed by atoms with E-state index < -0.39 is 0 Å². The van der Waals surface area contributed by atoms with Gasteiger partial charge >= 0.3 is 6.09 Å². The minimum atomic E-state index is -0.370. The molecule has 0 aliphatic carbocycles. The number of amides is 2. The van der Waals surface area contributed by atoms with Gasteiger partial charge in [0.1, 0.15) is 17.1 Å². The predicted molar refractivity (Wildman–Crippen MR) is 80.9 cm³/mol. The van der Waals surface area contributed by atoms with E-state index in [4.69, 9.17) is 4.74 Å². The number of hydrogen-bond donors (Lipinski definition) is 1. The van der Waals surface area contributed by atoms with Crippen LogP contribution in [0.1, 0.15) is 23.3 Å². The van der Waals surface area contributed by atoms with E-state index in [1.54, 1.807) is 20.2 Å². The minimum absolute atomic E-state index is 0.107. The van der Waals surface area contributed by atoms with Crippen molar-refractivity contribution in [2.45, 2.75) is 18.4 Å². The van der Waals surface area contributed by atoms with Crippen molar-refractivity contribution in [3.8, 4) is 0 Å². The standard InChI is InChI=1S/C15H20N4O3/c1-18(2)13(20)11-4-3-5-12(17-11)19-8-6-15(7-9-19)10-16-14(21)22-15/h3-5H,6-10H2,1-2H3,(H,16,21). The maximum atomic E-state index is 12.0. The highest BCUT2D eigenvalue weighted by Crippen LogP contribution is 2.30. The number of nitrogens with zero attached hydrogens (tertiary/aromatic N) is 3. The van der Waals surface area contributed by atoms with E-state index in [-0.39, 0.29) is 17.6 Å². The SMILES string of the molecule is CN(C)C(=O)c1cccc(N2CCC3(CC2)CNC(=O)O3)n1. The quantitative estimate of drug-likeness (QED) is 0.877. The fraction of sp³-hybridized carbons (Fsp3) is 0.533. The largest absolute Gasteiger partial charge is 0.441 e. The molecule has 0 bridgehead atoms. The number of nitrogens with one attached hydrogen (secondary N) is 1. The van der Waals surface area contributed by atoms with Crippen LogP contribution in [0.2, 0.25) is 0 Å². The number of anilines is 1. The van der Waals surface area contributed by atoms with Gasteiger partial charge in [0, 0.05) is 40.0 Å². The summed E-state index contributed by atoms with van der Waals surface area (Å²) in [5, 5.41) is 2.73. The van der Waals surface area contributed by atoms with Gasteiger partial charge < -0.3 is 19.9 Å². The summed E-state index contributed by atoms with van der Waals surface area (Å²) in [5.41, 5.74) is 0.0710. The second kappa shape index (κ2) is 5.47. The van der Waals surface area contributed by atoms with Gasteiger partial charge in [-0.3, -0.25) is 4.79 Å². The number of carbonyl (C=O) groups is 2. The van der Waals surface area contributed by atoms with Gasteiger partial charge in [0.05, 0.1) is 6.54 Å². The van der Waals surface area contributed by atoms with E-state index in [1.807, 2.05) is 12.1 Å². The zero-order chi connectivity index (χ0) is 15.7. The first kappa shape index (κ1) is 14.6. The molecule has 0 unspecified atom stereocenters. The van der Waals surface area contributed by atoms with Gasteiger partial charge in [-0.1, -0.05) is 6.07 Å². The molecule has 1 N–H and O–H groups in total. The van der Waals surface area contributed by atoms with Crippen molar-refractivity contribution in [2.24, 2.45) is 0 Å². The van der Waals surface area contributed by atoms with Gasteiger partial charge in [0.15, 0.2) is 0 Å². The topological polar surface area (TPSA) is 74.8 Å². The molecular weight excluding hydrogens is 284 g/mol. The third kappa shape index (κ3) is 2.70. The summed E-state index contributed by atoms with van der Waals surface area (Å²) in [5.74, 6) is 0.684. The van der Waals surface area contributed by atoms with Crippen molar-refractivity contribution < 1.29 is 14.3 Å². The molecule has 2 fully saturated rings. The Labute approximate surface area is 129 Å². The Bertz CT molecular complexity index is 594. The first-order valence-corrected chi connectivity index (χ1v) is 7.40. The summed E-state index contributed by atoms with van der Waals surface area (Å²) in [7, 11) is 3.42. The van der Waals surface area contributed by atoms with Crippen LogP contribution in [0, 0.1) is 0 Å². The zero-order valence-electron chi connectivity index (χ0n) is 12.8. The van der Waals surface area contributed by atoms with E-state index in [1.165, 1.54) is 4.90 Å². The lowest BCUT2D eigenvalue weighted by atomic mass is 9.91. The lowest BCUT2D eigenvalue weighted by molar-refractivity contribution is 0.0365. The Morgan fingerprint density at radius 1 is 1.36 bits per heavy atom. The maximum Gasteiger partial charge on any atom is 0.407 e. The summed E-state index contributed by atoms with van der Waals surface area (Å²) < 4.78 is 5.41. The summed E-state index contributed by atoms with van der Waals surface area (Å²) in [6.07, 6.45) is 1.20.